The summed E-state index contributed by atoms with van der Waals surface area (Å²) in [5.74, 6) is 2.07. The van der Waals surface area contributed by atoms with Crippen molar-refractivity contribution in [3.05, 3.63) is 10.4 Å². The van der Waals surface area contributed by atoms with Crippen LogP contribution < -0.4 is 5.32 Å². The monoisotopic (exact) mass is 436 g/mol. The molecule has 0 bridgehead atoms. The van der Waals surface area contributed by atoms with Crippen molar-refractivity contribution >= 4 is 39.1 Å². The lowest BCUT2D eigenvalue weighted by molar-refractivity contribution is -0.0542. The van der Waals surface area contributed by atoms with Crippen molar-refractivity contribution in [2.45, 2.75) is 77.7 Å². The van der Waals surface area contributed by atoms with Gasteiger partial charge in [-0.25, -0.2) is 9.97 Å². The first-order chi connectivity index (χ1) is 14.0. The second-order valence-corrected chi connectivity index (χ2v) is 10.1. The van der Waals surface area contributed by atoms with Gasteiger partial charge in [0.1, 0.15) is 10.6 Å². The summed E-state index contributed by atoms with van der Waals surface area (Å²) >= 11 is 3.54. The van der Waals surface area contributed by atoms with Crippen LogP contribution in [0.5, 0.6) is 0 Å². The second kappa shape index (κ2) is 10.4. The average Bonchev–Trinajstić information content (AvgIpc) is 3.09. The van der Waals surface area contributed by atoms with Crippen molar-refractivity contribution < 1.29 is 4.74 Å². The fraction of sp³-hybridized carbons (Fsp3) is 0.727. The summed E-state index contributed by atoms with van der Waals surface area (Å²) in [6, 6.07) is 0. The Bertz CT molecular complexity index is 806. The molecule has 2 aromatic heterocycles. The van der Waals surface area contributed by atoms with E-state index in [9.17, 15) is 0 Å². The van der Waals surface area contributed by atoms with Crippen molar-refractivity contribution in [1.82, 2.24) is 14.9 Å². The highest BCUT2D eigenvalue weighted by atomic mass is 32.2. The van der Waals surface area contributed by atoms with Gasteiger partial charge >= 0.3 is 0 Å². The van der Waals surface area contributed by atoms with Crippen LogP contribution in [-0.4, -0.2) is 52.4 Å². The molecule has 5 nitrogen and oxygen atoms in total. The standard InChI is InChI=1S/C22H36N4OS2/c1-6-13-28-21-24-19(23-11-10-12-26(8-3)9-4)18-16-14-22(5,7-2)27-15-17(16)29-20(18)25-21/h6-15H2,1-5H3,(H,23,24,25)/t22-/m1/s1. The summed E-state index contributed by atoms with van der Waals surface area (Å²) < 4.78 is 6.19. The van der Waals surface area contributed by atoms with E-state index >= 15 is 0 Å². The highest BCUT2D eigenvalue weighted by Gasteiger charge is 2.33. The van der Waals surface area contributed by atoms with Crippen molar-refractivity contribution in [3.63, 3.8) is 0 Å². The summed E-state index contributed by atoms with van der Waals surface area (Å²) in [6.07, 6.45) is 4.20. The summed E-state index contributed by atoms with van der Waals surface area (Å²) in [6.45, 7) is 16.1. The van der Waals surface area contributed by atoms with Gasteiger partial charge in [-0.2, -0.15) is 0 Å². The minimum atomic E-state index is -0.0866. The number of ether oxygens (including phenoxy) is 1. The van der Waals surface area contributed by atoms with Crippen LogP contribution in [0.2, 0.25) is 0 Å². The van der Waals surface area contributed by atoms with Gasteiger partial charge in [-0.1, -0.05) is 39.5 Å². The summed E-state index contributed by atoms with van der Waals surface area (Å²) in [5, 5.41) is 5.79. The molecule has 0 saturated carbocycles. The van der Waals surface area contributed by atoms with E-state index in [1.54, 1.807) is 23.1 Å². The number of anilines is 1. The Balaban J connectivity index is 1.87. The maximum Gasteiger partial charge on any atom is 0.190 e. The molecule has 1 atom stereocenters. The fourth-order valence-electron chi connectivity index (χ4n) is 3.71. The Morgan fingerprint density at radius 2 is 2.00 bits per heavy atom. The molecule has 7 heteroatoms. The average molecular weight is 437 g/mol. The van der Waals surface area contributed by atoms with E-state index < -0.39 is 0 Å². The minimum Gasteiger partial charge on any atom is -0.369 e. The first-order valence-electron chi connectivity index (χ1n) is 11.1. The molecule has 1 N–H and O–H groups in total. The van der Waals surface area contributed by atoms with Gasteiger partial charge in [0.25, 0.3) is 0 Å². The molecule has 2 aromatic rings. The largest absolute Gasteiger partial charge is 0.369 e. The highest BCUT2D eigenvalue weighted by molar-refractivity contribution is 7.99. The zero-order valence-electron chi connectivity index (χ0n) is 18.6. The van der Waals surface area contributed by atoms with E-state index in [1.165, 1.54) is 15.8 Å². The fourth-order valence-corrected chi connectivity index (χ4v) is 5.57. The van der Waals surface area contributed by atoms with Crippen LogP contribution in [0.25, 0.3) is 10.2 Å². The van der Waals surface area contributed by atoms with E-state index in [0.29, 0.717) is 6.61 Å². The zero-order chi connectivity index (χ0) is 20.9. The number of hydrogen-bond donors (Lipinski definition) is 1. The van der Waals surface area contributed by atoms with Gasteiger partial charge < -0.3 is 15.0 Å². The number of nitrogens with one attached hydrogen (secondary N) is 1. The van der Waals surface area contributed by atoms with Crippen LogP contribution in [0, 0.1) is 0 Å². The summed E-state index contributed by atoms with van der Waals surface area (Å²) in [5.41, 5.74) is 1.32. The molecular formula is C22H36N4OS2. The molecule has 3 rings (SSSR count). The van der Waals surface area contributed by atoms with E-state index in [0.717, 1.165) is 73.4 Å². The van der Waals surface area contributed by atoms with Gasteiger partial charge in [-0.3, -0.25) is 0 Å². The Morgan fingerprint density at radius 3 is 2.69 bits per heavy atom. The molecule has 0 unspecified atom stereocenters. The van der Waals surface area contributed by atoms with Crippen molar-refractivity contribution in [1.29, 1.82) is 0 Å². The highest BCUT2D eigenvalue weighted by Crippen LogP contribution is 2.42. The van der Waals surface area contributed by atoms with Crippen LogP contribution in [0.4, 0.5) is 5.82 Å². The predicted molar refractivity (Wildman–Crippen MR) is 127 cm³/mol. The SMILES string of the molecule is CCCSc1nc(NCCCN(CC)CC)c2c3c(sc2n1)CO[C@](C)(CC)C3. The van der Waals surface area contributed by atoms with Crippen molar-refractivity contribution in [2.24, 2.45) is 0 Å². The molecule has 29 heavy (non-hydrogen) atoms. The maximum atomic E-state index is 6.19. The van der Waals surface area contributed by atoms with Gasteiger partial charge in [0.05, 0.1) is 17.6 Å². The number of aromatic nitrogens is 2. The number of nitrogens with zero attached hydrogens (tertiary/aromatic N) is 3. The lowest BCUT2D eigenvalue weighted by atomic mass is 9.90. The van der Waals surface area contributed by atoms with Crippen LogP contribution >= 0.6 is 23.1 Å². The first-order valence-corrected chi connectivity index (χ1v) is 12.9. The Hall–Kier alpha value is -0.890. The molecule has 162 valence electrons. The minimum absolute atomic E-state index is 0.0866. The molecule has 0 aromatic carbocycles. The maximum absolute atomic E-state index is 6.19. The van der Waals surface area contributed by atoms with Gasteiger partial charge in [0.15, 0.2) is 5.16 Å². The van der Waals surface area contributed by atoms with Gasteiger partial charge in [-0.05, 0) is 51.4 Å². The number of thioether (sulfide) groups is 1. The van der Waals surface area contributed by atoms with Crippen LogP contribution in [0.3, 0.4) is 0 Å². The van der Waals surface area contributed by atoms with Gasteiger partial charge in [0, 0.05) is 23.6 Å². The summed E-state index contributed by atoms with van der Waals surface area (Å²) in [4.78, 5) is 14.7. The third kappa shape index (κ3) is 5.43. The zero-order valence-corrected chi connectivity index (χ0v) is 20.3. The molecule has 0 aliphatic carbocycles. The third-order valence-corrected chi connectivity index (χ3v) is 7.99. The molecule has 1 aliphatic heterocycles. The number of rotatable bonds is 11. The molecule has 1 aliphatic rings. The predicted octanol–water partition coefficient (Wildman–Crippen LogP) is 5.58. The molecule has 3 heterocycles. The Labute approximate surface area is 184 Å². The number of thiophene rings is 1. The lowest BCUT2D eigenvalue weighted by Gasteiger charge is -2.33. The summed E-state index contributed by atoms with van der Waals surface area (Å²) in [7, 11) is 0. The Morgan fingerprint density at radius 1 is 1.21 bits per heavy atom. The van der Waals surface area contributed by atoms with Crippen LogP contribution in [0.1, 0.15) is 64.3 Å². The van der Waals surface area contributed by atoms with Crippen molar-refractivity contribution in [3.8, 4) is 0 Å². The molecule has 0 spiro atoms. The van der Waals surface area contributed by atoms with Crippen LogP contribution in [0.15, 0.2) is 5.16 Å². The van der Waals surface area contributed by atoms with E-state index in [4.69, 9.17) is 14.7 Å². The van der Waals surface area contributed by atoms with E-state index in [2.05, 4.69) is 44.8 Å². The topological polar surface area (TPSA) is 50.3 Å². The Kier molecular flexibility index (Phi) is 8.19. The molecule has 0 fully saturated rings. The smallest absolute Gasteiger partial charge is 0.190 e. The van der Waals surface area contributed by atoms with E-state index in [-0.39, 0.29) is 5.60 Å². The van der Waals surface area contributed by atoms with Gasteiger partial charge in [-0.15, -0.1) is 11.3 Å². The van der Waals surface area contributed by atoms with E-state index in [1.807, 2.05) is 0 Å². The molecule has 0 radical (unpaired) electrons. The van der Waals surface area contributed by atoms with Crippen molar-refractivity contribution in [2.75, 3.05) is 37.2 Å². The first kappa shape index (κ1) is 22.8. The van der Waals surface area contributed by atoms with Crippen LogP contribution in [-0.2, 0) is 17.8 Å². The molecular weight excluding hydrogens is 400 g/mol. The lowest BCUT2D eigenvalue weighted by Crippen LogP contribution is -2.34. The van der Waals surface area contributed by atoms with Gasteiger partial charge in [0.2, 0.25) is 0 Å². The quantitative estimate of drug-likeness (QED) is 0.282. The molecule has 0 amide bonds. The normalized spacial score (nSPS) is 19.1. The molecule has 0 saturated heterocycles. The number of hydrogen-bond acceptors (Lipinski definition) is 7. The number of fused-ring (bicyclic) bond motifs is 3. The second-order valence-electron chi connectivity index (χ2n) is 7.96. The third-order valence-electron chi connectivity index (χ3n) is 5.84.